The third-order valence-corrected chi connectivity index (χ3v) is 5.83. The van der Waals surface area contributed by atoms with Crippen LogP contribution in [-0.2, 0) is 4.74 Å². The summed E-state index contributed by atoms with van der Waals surface area (Å²) < 4.78 is 5.81. The number of ether oxygens (including phenoxy) is 1. The molecule has 0 spiro atoms. The Bertz CT molecular complexity index is 460. The molecule has 0 saturated heterocycles. The maximum absolute atomic E-state index is 5.81. The molecule has 0 bridgehead atoms. The summed E-state index contributed by atoms with van der Waals surface area (Å²) in [6.07, 6.45) is 1.56. The van der Waals surface area contributed by atoms with Crippen molar-refractivity contribution in [2.75, 3.05) is 12.4 Å². The Labute approximate surface area is 120 Å². The Balaban J connectivity index is 1.65. The van der Waals surface area contributed by atoms with Crippen LogP contribution < -0.4 is 5.32 Å². The molecule has 1 aromatic carbocycles. The lowest BCUT2D eigenvalue weighted by atomic mass is 9.64. The van der Waals surface area contributed by atoms with Gasteiger partial charge in [0.2, 0.25) is 0 Å². The summed E-state index contributed by atoms with van der Waals surface area (Å²) in [5, 5.41) is 3.85. The van der Waals surface area contributed by atoms with Crippen molar-refractivity contribution >= 4 is 11.8 Å². The SMILES string of the molecule is CCOC1CC(NC2CSc3ccccc32)C1(C)C. The van der Waals surface area contributed by atoms with E-state index in [9.17, 15) is 0 Å². The quantitative estimate of drug-likeness (QED) is 0.908. The normalized spacial score (nSPS) is 31.8. The zero-order valence-corrected chi connectivity index (χ0v) is 12.8. The van der Waals surface area contributed by atoms with Crippen LogP contribution in [0.1, 0.15) is 38.8 Å². The summed E-state index contributed by atoms with van der Waals surface area (Å²) in [5.41, 5.74) is 1.72. The molecule has 0 radical (unpaired) electrons. The molecule has 3 rings (SSSR count). The second-order valence-electron chi connectivity index (χ2n) is 6.12. The third-order valence-electron chi connectivity index (χ3n) is 4.65. The molecule has 0 amide bonds. The minimum Gasteiger partial charge on any atom is -0.378 e. The number of thioether (sulfide) groups is 1. The second kappa shape index (κ2) is 5.12. The molecular formula is C16H23NOS. The summed E-state index contributed by atoms with van der Waals surface area (Å²) in [7, 11) is 0. The minimum absolute atomic E-state index is 0.248. The second-order valence-corrected chi connectivity index (χ2v) is 7.18. The predicted molar refractivity (Wildman–Crippen MR) is 80.6 cm³/mol. The summed E-state index contributed by atoms with van der Waals surface area (Å²) in [6, 6.07) is 9.85. The van der Waals surface area contributed by atoms with Crippen LogP contribution >= 0.6 is 11.8 Å². The molecule has 3 atom stereocenters. The van der Waals surface area contributed by atoms with Crippen molar-refractivity contribution in [3.05, 3.63) is 29.8 Å². The van der Waals surface area contributed by atoms with Crippen LogP contribution in [0.15, 0.2) is 29.2 Å². The van der Waals surface area contributed by atoms with E-state index in [1.807, 2.05) is 11.8 Å². The number of nitrogens with one attached hydrogen (secondary N) is 1. The van der Waals surface area contributed by atoms with Crippen LogP contribution in [0.3, 0.4) is 0 Å². The highest BCUT2D eigenvalue weighted by Gasteiger charge is 2.49. The smallest absolute Gasteiger partial charge is 0.0655 e. The van der Waals surface area contributed by atoms with Gasteiger partial charge in [-0.3, -0.25) is 0 Å². The van der Waals surface area contributed by atoms with Crippen molar-refractivity contribution in [1.82, 2.24) is 5.32 Å². The van der Waals surface area contributed by atoms with Gasteiger partial charge in [-0.15, -0.1) is 11.8 Å². The lowest BCUT2D eigenvalue weighted by molar-refractivity contribution is -0.116. The third kappa shape index (κ3) is 2.32. The molecular weight excluding hydrogens is 254 g/mol. The fourth-order valence-electron chi connectivity index (χ4n) is 3.20. The van der Waals surface area contributed by atoms with Crippen molar-refractivity contribution in [2.24, 2.45) is 5.41 Å². The average molecular weight is 277 g/mol. The molecule has 3 heteroatoms. The van der Waals surface area contributed by atoms with E-state index in [4.69, 9.17) is 4.74 Å². The van der Waals surface area contributed by atoms with Crippen LogP contribution in [-0.4, -0.2) is 24.5 Å². The standard InChI is InChI=1S/C16H23NOS/c1-4-18-15-9-14(16(15,2)3)17-12-10-19-13-8-6-5-7-11(12)13/h5-8,12,14-15,17H,4,9-10H2,1-3H3. The molecule has 1 heterocycles. The van der Waals surface area contributed by atoms with Crippen molar-refractivity contribution in [2.45, 2.75) is 50.3 Å². The van der Waals surface area contributed by atoms with Gasteiger partial charge in [0.05, 0.1) is 6.10 Å². The van der Waals surface area contributed by atoms with Gasteiger partial charge in [-0.05, 0) is 25.0 Å². The van der Waals surface area contributed by atoms with Crippen molar-refractivity contribution in [3.63, 3.8) is 0 Å². The van der Waals surface area contributed by atoms with Crippen LogP contribution in [0.5, 0.6) is 0 Å². The summed E-state index contributed by atoms with van der Waals surface area (Å²) in [4.78, 5) is 1.44. The molecule has 1 saturated carbocycles. The summed E-state index contributed by atoms with van der Waals surface area (Å²) in [6.45, 7) is 7.55. The number of hydrogen-bond acceptors (Lipinski definition) is 3. The van der Waals surface area contributed by atoms with Gasteiger partial charge in [0.15, 0.2) is 0 Å². The first-order valence-corrected chi connectivity index (χ1v) is 8.21. The largest absolute Gasteiger partial charge is 0.378 e. The molecule has 104 valence electrons. The molecule has 1 aliphatic heterocycles. The summed E-state index contributed by atoms with van der Waals surface area (Å²) in [5.74, 6) is 1.16. The molecule has 0 aromatic heterocycles. The highest BCUT2D eigenvalue weighted by Crippen LogP contribution is 2.46. The van der Waals surface area contributed by atoms with Crippen LogP contribution in [0, 0.1) is 5.41 Å². The Morgan fingerprint density at radius 1 is 1.37 bits per heavy atom. The molecule has 1 fully saturated rings. The van der Waals surface area contributed by atoms with E-state index in [1.54, 1.807) is 0 Å². The van der Waals surface area contributed by atoms with Gasteiger partial charge < -0.3 is 10.1 Å². The fourth-order valence-corrected chi connectivity index (χ4v) is 4.37. The highest BCUT2D eigenvalue weighted by atomic mass is 32.2. The molecule has 3 unspecified atom stereocenters. The van der Waals surface area contributed by atoms with Crippen molar-refractivity contribution in [1.29, 1.82) is 0 Å². The molecule has 1 aliphatic carbocycles. The van der Waals surface area contributed by atoms with Gasteiger partial charge in [0.25, 0.3) is 0 Å². The maximum Gasteiger partial charge on any atom is 0.0655 e. The summed E-state index contributed by atoms with van der Waals surface area (Å²) >= 11 is 1.97. The van der Waals surface area contributed by atoms with Crippen LogP contribution in [0.4, 0.5) is 0 Å². The number of fused-ring (bicyclic) bond motifs is 1. The van der Waals surface area contributed by atoms with Gasteiger partial charge in [-0.2, -0.15) is 0 Å². The topological polar surface area (TPSA) is 21.3 Å². The first-order chi connectivity index (χ1) is 9.13. The van der Waals surface area contributed by atoms with E-state index in [0.717, 1.165) is 18.8 Å². The van der Waals surface area contributed by atoms with E-state index < -0.39 is 0 Å². The zero-order chi connectivity index (χ0) is 13.5. The Kier molecular flexibility index (Phi) is 3.63. The first kappa shape index (κ1) is 13.5. The maximum atomic E-state index is 5.81. The fraction of sp³-hybridized carbons (Fsp3) is 0.625. The molecule has 2 aliphatic rings. The minimum atomic E-state index is 0.248. The molecule has 1 N–H and O–H groups in total. The van der Waals surface area contributed by atoms with Crippen LogP contribution in [0.25, 0.3) is 0 Å². The number of hydrogen-bond donors (Lipinski definition) is 1. The van der Waals surface area contributed by atoms with E-state index in [1.165, 1.54) is 10.5 Å². The van der Waals surface area contributed by atoms with E-state index >= 15 is 0 Å². The zero-order valence-electron chi connectivity index (χ0n) is 12.0. The van der Waals surface area contributed by atoms with Crippen molar-refractivity contribution < 1.29 is 4.74 Å². The van der Waals surface area contributed by atoms with E-state index in [-0.39, 0.29) is 5.41 Å². The Morgan fingerprint density at radius 2 is 2.16 bits per heavy atom. The average Bonchev–Trinajstić information content (AvgIpc) is 2.81. The van der Waals surface area contributed by atoms with Crippen molar-refractivity contribution in [3.8, 4) is 0 Å². The monoisotopic (exact) mass is 277 g/mol. The lowest BCUT2D eigenvalue weighted by Gasteiger charge is -2.52. The number of rotatable bonds is 4. The number of benzene rings is 1. The van der Waals surface area contributed by atoms with E-state index in [2.05, 4.69) is 50.4 Å². The highest BCUT2D eigenvalue weighted by molar-refractivity contribution is 7.99. The van der Waals surface area contributed by atoms with E-state index in [0.29, 0.717) is 18.2 Å². The Hall–Kier alpha value is -0.510. The molecule has 1 aromatic rings. The molecule has 19 heavy (non-hydrogen) atoms. The first-order valence-electron chi connectivity index (χ1n) is 7.22. The Morgan fingerprint density at radius 3 is 2.89 bits per heavy atom. The van der Waals surface area contributed by atoms with Gasteiger partial charge in [0, 0.05) is 34.8 Å². The predicted octanol–water partition coefficient (Wildman–Crippen LogP) is 3.63. The lowest BCUT2D eigenvalue weighted by Crippen LogP contribution is -2.61. The van der Waals surface area contributed by atoms with Gasteiger partial charge in [-0.25, -0.2) is 0 Å². The van der Waals surface area contributed by atoms with Gasteiger partial charge >= 0.3 is 0 Å². The van der Waals surface area contributed by atoms with Gasteiger partial charge in [0.1, 0.15) is 0 Å². The van der Waals surface area contributed by atoms with Crippen LogP contribution in [0.2, 0.25) is 0 Å². The molecule has 2 nitrogen and oxygen atoms in total. The van der Waals surface area contributed by atoms with Gasteiger partial charge in [-0.1, -0.05) is 32.0 Å².